The Morgan fingerprint density at radius 1 is 1.05 bits per heavy atom. The van der Waals surface area contributed by atoms with Gasteiger partial charge in [-0.15, -0.1) is 0 Å². The fraction of sp³-hybridized carbons (Fsp3) is 0.550. The second kappa shape index (κ2) is 17.0. The van der Waals surface area contributed by atoms with Gasteiger partial charge in [-0.3, -0.25) is 23.9 Å². The van der Waals surface area contributed by atoms with Crippen LogP contribution in [-0.2, 0) is 48.2 Å². The third-order valence-corrected chi connectivity index (χ3v) is 4.74. The summed E-state index contributed by atoms with van der Waals surface area (Å²) in [5, 5.41) is 9.81. The summed E-state index contributed by atoms with van der Waals surface area (Å²) in [6.45, 7) is 3.38. The Labute approximate surface area is 228 Å². The smallest absolute Gasteiger partial charge is 0.461 e. The molecule has 0 bridgehead atoms. The fourth-order valence-electron chi connectivity index (χ4n) is 2.45. The number of carbonyl (C=O) groups excluding carboxylic acids is 4. The van der Waals surface area contributed by atoms with E-state index in [4.69, 9.17) is 41.8 Å². The van der Waals surface area contributed by atoms with Gasteiger partial charge in [0, 0.05) is 38.5 Å². The van der Waals surface area contributed by atoms with Crippen LogP contribution in [0.3, 0.4) is 0 Å². The van der Waals surface area contributed by atoms with Crippen molar-refractivity contribution in [1.29, 1.82) is 0 Å². The number of alkyl halides is 4. The van der Waals surface area contributed by atoms with Crippen LogP contribution in [-0.4, -0.2) is 95.6 Å². The van der Waals surface area contributed by atoms with Crippen molar-refractivity contribution in [2.75, 3.05) is 18.5 Å². The van der Waals surface area contributed by atoms with Crippen molar-refractivity contribution >= 4 is 49.9 Å². The number of hydrogen-bond donors (Lipinski definition) is 2. The van der Waals surface area contributed by atoms with E-state index in [0.717, 1.165) is 13.8 Å². The van der Waals surface area contributed by atoms with E-state index in [0.29, 0.717) is 17.5 Å². The monoisotopic (exact) mass is 655 g/mol. The third-order valence-electron chi connectivity index (χ3n) is 3.83. The predicted molar refractivity (Wildman–Crippen MR) is 125 cm³/mol. The van der Waals surface area contributed by atoms with Crippen molar-refractivity contribution in [3.8, 4) is 0 Å². The summed E-state index contributed by atoms with van der Waals surface area (Å²) in [6.07, 6.45) is -1.20. The second-order valence-electron chi connectivity index (χ2n) is 6.97. The van der Waals surface area contributed by atoms with Gasteiger partial charge < -0.3 is 28.8 Å². The Hall–Kier alpha value is -2.87. The second-order valence-corrected chi connectivity index (χ2v) is 9.18. The zero-order chi connectivity index (χ0) is 30.4. The highest BCUT2D eigenvalue weighted by atomic mass is 79.9. The average Bonchev–Trinajstić information content (AvgIpc) is 3.11. The van der Waals surface area contributed by atoms with Gasteiger partial charge in [0.1, 0.15) is 12.7 Å². The van der Waals surface area contributed by atoms with E-state index in [1.165, 1.54) is 13.1 Å². The molecule has 0 spiro atoms. The lowest BCUT2D eigenvalue weighted by atomic mass is 10.1. The number of ether oxygens (including phenoxy) is 5. The van der Waals surface area contributed by atoms with Crippen molar-refractivity contribution in [3.63, 3.8) is 0 Å². The molecule has 0 radical (unpaired) electrons. The molecule has 19 heteroatoms. The molecule has 1 saturated heterocycles. The number of esters is 4. The van der Waals surface area contributed by atoms with Crippen LogP contribution >= 0.6 is 15.9 Å². The van der Waals surface area contributed by atoms with Gasteiger partial charge in [-0.2, -0.15) is 21.6 Å². The molecule has 0 aliphatic carbocycles. The van der Waals surface area contributed by atoms with Crippen molar-refractivity contribution < 1.29 is 74.1 Å². The van der Waals surface area contributed by atoms with Crippen molar-refractivity contribution in [3.05, 3.63) is 30.1 Å². The molecule has 0 saturated carbocycles. The normalized spacial score (nSPS) is 20.2. The molecule has 1 aromatic rings. The number of carbonyl (C=O) groups is 4. The number of aliphatic hydroxyl groups is 1. The maximum Gasteiger partial charge on any atom is 0.522 e. The minimum Gasteiger partial charge on any atom is -0.461 e. The largest absolute Gasteiger partial charge is 0.522 e. The van der Waals surface area contributed by atoms with E-state index in [9.17, 15) is 32.3 Å². The molecule has 1 fully saturated rings. The van der Waals surface area contributed by atoms with Gasteiger partial charge >= 0.3 is 39.5 Å². The summed E-state index contributed by atoms with van der Waals surface area (Å²) in [4.78, 5) is 47.9. The number of hydrogen-bond acceptors (Lipinski definition) is 13. The Bertz CT molecular complexity index is 1060. The number of aliphatic hydroxyl groups excluding tert-OH is 1. The molecule has 1 aliphatic heterocycles. The topological polar surface area (TPSA) is 202 Å². The SMILES string of the molecule is CC(=O)OC1O[C@H](CO)[C@@H](OC(C)=O)[C@H]1OC(C)=O.O=C(OCCBr)c1cccnc1.O=S(=O)(O)C(F)(F)F. The molecular weight excluding hydrogens is 631 g/mol. The van der Waals surface area contributed by atoms with E-state index >= 15 is 0 Å². The highest BCUT2D eigenvalue weighted by molar-refractivity contribution is 9.09. The van der Waals surface area contributed by atoms with Gasteiger partial charge in [0.25, 0.3) is 0 Å². The van der Waals surface area contributed by atoms with Gasteiger partial charge in [-0.05, 0) is 12.1 Å². The summed E-state index contributed by atoms with van der Waals surface area (Å²) < 4.78 is 82.3. The lowest BCUT2D eigenvalue weighted by Crippen LogP contribution is -2.41. The van der Waals surface area contributed by atoms with Crippen LogP contribution in [0.15, 0.2) is 24.5 Å². The van der Waals surface area contributed by atoms with Crippen molar-refractivity contribution in [2.24, 2.45) is 0 Å². The molecule has 14 nitrogen and oxygen atoms in total. The molecule has 2 N–H and O–H groups in total. The van der Waals surface area contributed by atoms with Crippen LogP contribution < -0.4 is 0 Å². The number of nitrogens with zero attached hydrogens (tertiary/aromatic N) is 1. The summed E-state index contributed by atoms with van der Waals surface area (Å²) in [7, 11) is -5.84. The zero-order valence-corrected chi connectivity index (χ0v) is 22.9. The van der Waals surface area contributed by atoms with Gasteiger partial charge in [-0.25, -0.2) is 4.79 Å². The predicted octanol–water partition coefficient (Wildman–Crippen LogP) is 1.16. The minimum atomic E-state index is -5.84. The van der Waals surface area contributed by atoms with Crippen LogP contribution in [0.25, 0.3) is 0 Å². The number of pyridine rings is 1. The fourth-order valence-corrected chi connectivity index (χ4v) is 2.61. The maximum absolute atomic E-state index is 11.1. The number of halogens is 4. The Kier molecular flexibility index (Phi) is 15.7. The van der Waals surface area contributed by atoms with E-state index in [2.05, 4.69) is 20.9 Å². The van der Waals surface area contributed by atoms with Crippen LogP contribution in [0.1, 0.15) is 31.1 Å². The number of aromatic nitrogens is 1. The van der Waals surface area contributed by atoms with Crippen LogP contribution in [0.2, 0.25) is 0 Å². The van der Waals surface area contributed by atoms with E-state index in [-0.39, 0.29) is 5.97 Å². The summed E-state index contributed by atoms with van der Waals surface area (Å²) in [5.41, 5.74) is -5.05. The third kappa shape index (κ3) is 14.2. The Morgan fingerprint density at radius 2 is 1.56 bits per heavy atom. The maximum atomic E-state index is 11.1. The summed E-state index contributed by atoms with van der Waals surface area (Å²) in [6, 6.07) is 3.37. The van der Waals surface area contributed by atoms with Gasteiger partial charge in [0.05, 0.1) is 12.2 Å². The van der Waals surface area contributed by atoms with E-state index in [1.54, 1.807) is 18.3 Å². The van der Waals surface area contributed by atoms with Crippen LogP contribution in [0.4, 0.5) is 13.2 Å². The quantitative estimate of drug-likeness (QED) is 0.139. The molecule has 4 atom stereocenters. The average molecular weight is 656 g/mol. The first kappa shape index (κ1) is 36.1. The number of rotatable bonds is 7. The standard InChI is InChI=1S/C11H16O8.C8H8BrNO2.CHF3O3S/c1-5(13)16-9-8(4-12)19-11(18-7(3)15)10(9)17-6(2)14;9-3-5-12-8(11)7-2-1-4-10-6-7;2-1(3,4)8(5,6)7/h8-12H,4H2,1-3H3;1-2,4,6H,3,5H2;(H,5,6,7)/t8-,9-,10-,11?;;/m1../s1. The van der Waals surface area contributed by atoms with Crippen LogP contribution in [0.5, 0.6) is 0 Å². The van der Waals surface area contributed by atoms with Gasteiger partial charge in [0.2, 0.25) is 12.4 Å². The van der Waals surface area contributed by atoms with Crippen molar-refractivity contribution in [1.82, 2.24) is 4.98 Å². The molecule has 222 valence electrons. The summed E-state index contributed by atoms with van der Waals surface area (Å²) in [5.74, 6) is -2.26. The lowest BCUT2D eigenvalue weighted by molar-refractivity contribution is -0.196. The Morgan fingerprint density at radius 3 is 1.95 bits per heavy atom. The molecule has 0 aromatic carbocycles. The van der Waals surface area contributed by atoms with Crippen molar-refractivity contribution in [2.45, 2.75) is 50.9 Å². The molecule has 1 aliphatic rings. The Balaban J connectivity index is 0.000000616. The van der Waals surface area contributed by atoms with E-state index < -0.39 is 64.7 Å². The summed E-state index contributed by atoms with van der Waals surface area (Å²) >= 11 is 3.16. The molecule has 0 amide bonds. The first-order valence-electron chi connectivity index (χ1n) is 10.4. The highest BCUT2D eigenvalue weighted by Gasteiger charge is 2.50. The first-order chi connectivity index (χ1) is 17.9. The first-order valence-corrected chi connectivity index (χ1v) is 13.0. The lowest BCUT2D eigenvalue weighted by Gasteiger charge is -2.22. The molecule has 1 aromatic heterocycles. The van der Waals surface area contributed by atoms with Gasteiger partial charge in [-0.1, -0.05) is 15.9 Å². The molecule has 2 heterocycles. The highest BCUT2D eigenvalue weighted by Crippen LogP contribution is 2.28. The van der Waals surface area contributed by atoms with Gasteiger partial charge in [0.15, 0.2) is 6.10 Å². The van der Waals surface area contributed by atoms with E-state index in [1.807, 2.05) is 0 Å². The molecule has 39 heavy (non-hydrogen) atoms. The zero-order valence-electron chi connectivity index (χ0n) is 20.5. The van der Waals surface area contributed by atoms with Crippen LogP contribution in [0, 0.1) is 0 Å². The molecular formula is C20H25BrF3NO13S. The molecule has 2 rings (SSSR count). The minimum absolute atomic E-state index is 0.331. The molecule has 1 unspecified atom stereocenters.